The van der Waals surface area contributed by atoms with Crippen LogP contribution in [0.4, 0.5) is 0 Å². The molecule has 0 aliphatic rings. The van der Waals surface area contributed by atoms with Gasteiger partial charge in [-0.1, -0.05) is 6.92 Å². The maximum absolute atomic E-state index is 12.3. The van der Waals surface area contributed by atoms with Crippen LogP contribution in [-0.2, 0) is 6.42 Å². The molecule has 25 heavy (non-hydrogen) atoms. The minimum atomic E-state index is -0.132. The number of rotatable bonds is 4. The van der Waals surface area contributed by atoms with E-state index in [4.69, 9.17) is 0 Å². The monoisotopic (exact) mass is 355 g/mol. The average Bonchev–Trinajstić information content (AvgIpc) is 3.18. The van der Waals surface area contributed by atoms with E-state index < -0.39 is 0 Å². The summed E-state index contributed by atoms with van der Waals surface area (Å²) in [5, 5.41) is 5.62. The quantitative estimate of drug-likeness (QED) is 0.548. The van der Waals surface area contributed by atoms with Crippen LogP contribution in [0.3, 0.4) is 0 Å². The number of hydrogen-bond acceptors (Lipinski definition) is 4. The van der Waals surface area contributed by atoms with Gasteiger partial charge in [-0.15, -0.1) is 11.8 Å². The number of thioether (sulfide) groups is 1. The Bertz CT molecular complexity index is 1180. The van der Waals surface area contributed by atoms with Crippen LogP contribution in [0.5, 0.6) is 0 Å². The van der Waals surface area contributed by atoms with Gasteiger partial charge in [0.2, 0.25) is 0 Å². The van der Waals surface area contributed by atoms with Crippen molar-refractivity contribution in [1.82, 2.24) is 24.2 Å². The van der Waals surface area contributed by atoms with Gasteiger partial charge < -0.3 is 0 Å². The normalized spacial score (nSPS) is 12.9. The highest BCUT2D eigenvalue weighted by Crippen LogP contribution is 2.19. The van der Waals surface area contributed by atoms with Gasteiger partial charge in [0.15, 0.2) is 5.65 Å². The molecule has 0 spiro atoms. The van der Waals surface area contributed by atoms with Gasteiger partial charge in [-0.2, -0.15) is 0 Å². The van der Waals surface area contributed by atoms with Crippen LogP contribution in [-0.4, -0.2) is 30.5 Å². The maximum atomic E-state index is 12.3. The number of aromatic nitrogens is 5. The average molecular weight is 355 g/mol. The highest BCUT2D eigenvalue weighted by molar-refractivity contribution is 7.98. The van der Waals surface area contributed by atoms with Gasteiger partial charge in [-0.05, 0) is 36.8 Å². The predicted molar refractivity (Wildman–Crippen MR) is 97.7 cm³/mol. The first-order chi connectivity index (χ1) is 12.0. The SMILES string of the molecule is CSc1cc2nc(CC(C)c3cc4cccn4[nH]c3=O)cn2[nH]c1=O. The molecule has 128 valence electrons. The summed E-state index contributed by atoms with van der Waals surface area (Å²) < 4.78 is 3.34. The van der Waals surface area contributed by atoms with E-state index in [1.807, 2.05) is 37.6 Å². The molecule has 0 bridgehead atoms. The number of fused-ring (bicyclic) bond motifs is 2. The molecular formula is C17H17N5O2S. The topological polar surface area (TPSA) is 87.4 Å². The first kappa shape index (κ1) is 15.8. The Labute approximate surface area is 146 Å². The third-order valence-electron chi connectivity index (χ3n) is 4.32. The van der Waals surface area contributed by atoms with Gasteiger partial charge in [0.05, 0.1) is 22.3 Å². The molecule has 0 saturated heterocycles. The summed E-state index contributed by atoms with van der Waals surface area (Å²) in [5.41, 5.74) is 2.97. The summed E-state index contributed by atoms with van der Waals surface area (Å²) >= 11 is 1.39. The zero-order chi connectivity index (χ0) is 17.6. The van der Waals surface area contributed by atoms with E-state index in [0.717, 1.165) is 16.8 Å². The third-order valence-corrected chi connectivity index (χ3v) is 5.07. The molecule has 4 aromatic heterocycles. The Morgan fingerprint density at radius 1 is 1.20 bits per heavy atom. The standard InChI is InChI=1S/C17H17N5O2S/c1-10(13-7-12-4-3-5-21(12)19-16(13)23)6-11-9-22-15(18-11)8-14(25-2)17(24)20-22/h3-5,7-10H,6H2,1-2H3,(H,19,23)(H,20,24). The van der Waals surface area contributed by atoms with E-state index >= 15 is 0 Å². The number of nitrogens with one attached hydrogen (secondary N) is 2. The maximum Gasteiger partial charge on any atom is 0.276 e. The second-order valence-corrected chi connectivity index (χ2v) is 6.91. The van der Waals surface area contributed by atoms with Gasteiger partial charge in [-0.3, -0.25) is 24.3 Å². The summed E-state index contributed by atoms with van der Waals surface area (Å²) in [5.74, 6) is 0.000282. The van der Waals surface area contributed by atoms with Gasteiger partial charge in [0.25, 0.3) is 11.1 Å². The van der Waals surface area contributed by atoms with Crippen LogP contribution in [0, 0.1) is 0 Å². The second-order valence-electron chi connectivity index (χ2n) is 6.06. The van der Waals surface area contributed by atoms with Gasteiger partial charge in [-0.25, -0.2) is 9.50 Å². The predicted octanol–water partition coefficient (Wildman–Crippen LogP) is 2.03. The fraction of sp³-hybridized carbons (Fsp3) is 0.235. The van der Waals surface area contributed by atoms with Crippen molar-refractivity contribution in [3.63, 3.8) is 0 Å². The Kier molecular flexibility index (Phi) is 3.76. The molecule has 0 aromatic carbocycles. The Morgan fingerprint density at radius 3 is 2.80 bits per heavy atom. The number of aromatic amines is 2. The number of nitrogens with zero attached hydrogens (tertiary/aromatic N) is 3. The molecule has 0 amide bonds. The molecule has 2 N–H and O–H groups in total. The fourth-order valence-electron chi connectivity index (χ4n) is 3.04. The van der Waals surface area contributed by atoms with E-state index in [1.165, 1.54) is 11.8 Å². The lowest BCUT2D eigenvalue weighted by Gasteiger charge is -2.09. The number of imidazole rings is 1. The van der Waals surface area contributed by atoms with E-state index in [9.17, 15) is 9.59 Å². The zero-order valence-corrected chi connectivity index (χ0v) is 14.6. The molecular weight excluding hydrogens is 338 g/mol. The highest BCUT2D eigenvalue weighted by Gasteiger charge is 2.15. The summed E-state index contributed by atoms with van der Waals surface area (Å²) in [4.78, 5) is 29.4. The van der Waals surface area contributed by atoms with Crippen LogP contribution >= 0.6 is 11.8 Å². The van der Waals surface area contributed by atoms with Crippen LogP contribution in [0.2, 0.25) is 0 Å². The van der Waals surface area contributed by atoms with Crippen molar-refractivity contribution < 1.29 is 0 Å². The Balaban J connectivity index is 1.68. The van der Waals surface area contributed by atoms with Crippen molar-refractivity contribution in [1.29, 1.82) is 0 Å². The molecule has 0 saturated carbocycles. The lowest BCUT2D eigenvalue weighted by molar-refractivity contribution is 0.721. The Hall–Kier alpha value is -2.74. The largest absolute Gasteiger partial charge is 0.276 e. The van der Waals surface area contributed by atoms with Crippen molar-refractivity contribution >= 4 is 22.9 Å². The number of hydrogen-bond donors (Lipinski definition) is 2. The van der Waals surface area contributed by atoms with Crippen molar-refractivity contribution in [2.45, 2.75) is 24.2 Å². The summed E-state index contributed by atoms with van der Waals surface area (Å²) in [6.45, 7) is 2.00. The van der Waals surface area contributed by atoms with Gasteiger partial charge in [0, 0.05) is 17.8 Å². The van der Waals surface area contributed by atoms with Crippen molar-refractivity contribution in [3.05, 3.63) is 68.6 Å². The molecule has 7 nitrogen and oxygen atoms in total. The third kappa shape index (κ3) is 2.78. The van der Waals surface area contributed by atoms with Crippen LogP contribution < -0.4 is 11.1 Å². The molecule has 1 unspecified atom stereocenters. The first-order valence-corrected chi connectivity index (χ1v) is 9.13. The summed E-state index contributed by atoms with van der Waals surface area (Å²) in [6.07, 6.45) is 6.09. The highest BCUT2D eigenvalue weighted by atomic mass is 32.2. The minimum Gasteiger partial charge on any atom is -0.268 e. The van der Waals surface area contributed by atoms with Crippen LogP contribution in [0.15, 0.2) is 51.1 Å². The van der Waals surface area contributed by atoms with Crippen molar-refractivity contribution in [2.75, 3.05) is 6.26 Å². The van der Waals surface area contributed by atoms with Crippen LogP contribution in [0.25, 0.3) is 11.2 Å². The number of H-pyrrole nitrogens is 2. The molecule has 1 atom stereocenters. The Morgan fingerprint density at radius 2 is 2.00 bits per heavy atom. The van der Waals surface area contributed by atoms with Crippen molar-refractivity contribution in [3.8, 4) is 0 Å². The molecule has 0 aliphatic heterocycles. The molecule has 4 rings (SSSR count). The van der Waals surface area contributed by atoms with E-state index in [2.05, 4.69) is 15.2 Å². The zero-order valence-electron chi connectivity index (χ0n) is 13.8. The van der Waals surface area contributed by atoms with E-state index in [0.29, 0.717) is 17.0 Å². The lowest BCUT2D eigenvalue weighted by atomic mass is 9.98. The smallest absolute Gasteiger partial charge is 0.268 e. The lowest BCUT2D eigenvalue weighted by Crippen LogP contribution is -2.19. The summed E-state index contributed by atoms with van der Waals surface area (Å²) in [6, 6.07) is 7.53. The second kappa shape index (κ2) is 5.96. The van der Waals surface area contributed by atoms with Gasteiger partial charge >= 0.3 is 0 Å². The molecule has 4 heterocycles. The molecule has 0 radical (unpaired) electrons. The van der Waals surface area contributed by atoms with Crippen LogP contribution in [0.1, 0.15) is 24.1 Å². The van der Waals surface area contributed by atoms with E-state index in [1.54, 1.807) is 21.3 Å². The molecule has 0 fully saturated rings. The first-order valence-electron chi connectivity index (χ1n) is 7.91. The fourth-order valence-corrected chi connectivity index (χ4v) is 3.49. The summed E-state index contributed by atoms with van der Waals surface area (Å²) in [7, 11) is 0. The molecule has 4 aromatic rings. The van der Waals surface area contributed by atoms with Gasteiger partial charge in [0.1, 0.15) is 0 Å². The minimum absolute atomic E-state index is 0.000282. The molecule has 8 heteroatoms. The van der Waals surface area contributed by atoms with E-state index in [-0.39, 0.29) is 17.0 Å². The molecule has 0 aliphatic carbocycles. The van der Waals surface area contributed by atoms with Crippen molar-refractivity contribution in [2.24, 2.45) is 0 Å².